The van der Waals surface area contributed by atoms with Crippen LogP contribution in [0, 0.1) is 0 Å². The number of hydrogen-bond acceptors (Lipinski definition) is 6. The van der Waals surface area contributed by atoms with E-state index in [1.165, 1.54) is 18.2 Å². The molecule has 0 saturated carbocycles. The lowest BCUT2D eigenvalue weighted by Crippen LogP contribution is -2.23. The molecular formula is C21H16ClN3O5S. The lowest BCUT2D eigenvalue weighted by molar-refractivity contribution is -0.119. The highest BCUT2D eigenvalue weighted by molar-refractivity contribution is 7.14. The highest BCUT2D eigenvalue weighted by Crippen LogP contribution is 2.23. The van der Waals surface area contributed by atoms with Gasteiger partial charge in [-0.25, -0.2) is 4.79 Å². The summed E-state index contributed by atoms with van der Waals surface area (Å²) in [7, 11) is 0. The molecule has 10 heteroatoms. The monoisotopic (exact) mass is 457 g/mol. The van der Waals surface area contributed by atoms with Gasteiger partial charge in [-0.1, -0.05) is 23.7 Å². The summed E-state index contributed by atoms with van der Waals surface area (Å²) in [6.07, 6.45) is 0. The first-order valence-corrected chi connectivity index (χ1v) is 10.1. The summed E-state index contributed by atoms with van der Waals surface area (Å²) in [6.45, 7) is -0.589. The van der Waals surface area contributed by atoms with Crippen molar-refractivity contribution in [2.75, 3.05) is 17.2 Å². The van der Waals surface area contributed by atoms with Crippen LogP contribution >= 0.6 is 22.9 Å². The van der Waals surface area contributed by atoms with Gasteiger partial charge in [0.1, 0.15) is 5.00 Å². The Balaban J connectivity index is 1.63. The lowest BCUT2D eigenvalue weighted by atomic mass is 10.1. The van der Waals surface area contributed by atoms with Gasteiger partial charge in [-0.15, -0.1) is 11.3 Å². The van der Waals surface area contributed by atoms with Gasteiger partial charge in [0.2, 0.25) is 0 Å². The minimum atomic E-state index is -0.802. The summed E-state index contributed by atoms with van der Waals surface area (Å²) in [5.74, 6) is -2.56. The number of carbonyl (C=O) groups is 4. The third-order valence-electron chi connectivity index (χ3n) is 4.02. The number of nitrogens with one attached hydrogen (secondary N) is 2. The third kappa shape index (κ3) is 5.68. The maximum Gasteiger partial charge on any atom is 0.340 e. The van der Waals surface area contributed by atoms with E-state index in [1.54, 1.807) is 41.8 Å². The summed E-state index contributed by atoms with van der Waals surface area (Å²) in [5.41, 5.74) is 6.05. The zero-order valence-electron chi connectivity index (χ0n) is 15.9. The SMILES string of the molecule is NC(=O)c1ccsc1NC(=O)COC(=O)c1ccccc1NC(=O)c1ccc(Cl)cc1. The van der Waals surface area contributed by atoms with Crippen LogP contribution in [0.1, 0.15) is 31.1 Å². The molecule has 2 aromatic carbocycles. The third-order valence-corrected chi connectivity index (χ3v) is 5.10. The molecule has 4 N–H and O–H groups in total. The van der Waals surface area contributed by atoms with Gasteiger partial charge in [0.05, 0.1) is 16.8 Å². The van der Waals surface area contributed by atoms with E-state index in [0.717, 1.165) is 11.3 Å². The molecular weight excluding hydrogens is 442 g/mol. The zero-order chi connectivity index (χ0) is 22.4. The van der Waals surface area contributed by atoms with Gasteiger partial charge in [0, 0.05) is 10.6 Å². The molecule has 3 amide bonds. The Hall–Kier alpha value is -3.69. The fraction of sp³-hybridized carbons (Fsp3) is 0.0476. The van der Waals surface area contributed by atoms with Crippen molar-refractivity contribution in [3.8, 4) is 0 Å². The minimum Gasteiger partial charge on any atom is -0.452 e. The van der Waals surface area contributed by atoms with Crippen molar-refractivity contribution in [2.24, 2.45) is 5.73 Å². The van der Waals surface area contributed by atoms with Gasteiger partial charge in [-0.05, 0) is 47.8 Å². The van der Waals surface area contributed by atoms with E-state index >= 15 is 0 Å². The summed E-state index contributed by atoms with van der Waals surface area (Å²) >= 11 is 6.94. The highest BCUT2D eigenvalue weighted by atomic mass is 35.5. The van der Waals surface area contributed by atoms with Crippen molar-refractivity contribution >= 4 is 57.3 Å². The van der Waals surface area contributed by atoms with E-state index < -0.39 is 30.3 Å². The summed E-state index contributed by atoms with van der Waals surface area (Å²) in [6, 6.07) is 14.0. The van der Waals surface area contributed by atoms with Crippen molar-refractivity contribution in [3.05, 3.63) is 81.7 Å². The van der Waals surface area contributed by atoms with E-state index in [2.05, 4.69) is 10.6 Å². The van der Waals surface area contributed by atoms with Crippen LogP contribution in [-0.4, -0.2) is 30.3 Å². The largest absolute Gasteiger partial charge is 0.452 e. The van der Waals surface area contributed by atoms with Crippen LogP contribution in [-0.2, 0) is 9.53 Å². The van der Waals surface area contributed by atoms with Crippen molar-refractivity contribution in [1.29, 1.82) is 0 Å². The van der Waals surface area contributed by atoms with Crippen LogP contribution in [0.2, 0.25) is 5.02 Å². The Morgan fingerprint density at radius 2 is 1.65 bits per heavy atom. The predicted molar refractivity (Wildman–Crippen MR) is 118 cm³/mol. The number of para-hydroxylation sites is 1. The molecule has 3 aromatic rings. The fourth-order valence-electron chi connectivity index (χ4n) is 2.54. The van der Waals surface area contributed by atoms with Crippen LogP contribution in [0.3, 0.4) is 0 Å². The topological polar surface area (TPSA) is 128 Å². The van der Waals surface area contributed by atoms with E-state index in [1.807, 2.05) is 0 Å². The minimum absolute atomic E-state index is 0.0755. The predicted octanol–water partition coefficient (Wildman–Crippen LogP) is 3.55. The second-order valence-electron chi connectivity index (χ2n) is 6.16. The van der Waals surface area contributed by atoms with Crippen LogP contribution in [0.5, 0.6) is 0 Å². The zero-order valence-corrected chi connectivity index (χ0v) is 17.5. The molecule has 8 nitrogen and oxygen atoms in total. The van der Waals surface area contributed by atoms with Crippen molar-refractivity contribution in [3.63, 3.8) is 0 Å². The molecule has 0 fully saturated rings. The van der Waals surface area contributed by atoms with Crippen LogP contribution in [0.25, 0.3) is 0 Å². The summed E-state index contributed by atoms with van der Waals surface area (Å²) in [4.78, 5) is 48.3. The molecule has 0 aliphatic carbocycles. The van der Waals surface area contributed by atoms with Crippen LogP contribution < -0.4 is 16.4 Å². The Morgan fingerprint density at radius 3 is 2.35 bits per heavy atom. The van der Waals surface area contributed by atoms with Gasteiger partial charge in [-0.3, -0.25) is 14.4 Å². The van der Waals surface area contributed by atoms with Gasteiger partial charge in [0.15, 0.2) is 6.61 Å². The molecule has 0 aliphatic heterocycles. The van der Waals surface area contributed by atoms with E-state index in [9.17, 15) is 19.2 Å². The number of rotatable bonds is 7. The van der Waals surface area contributed by atoms with E-state index in [4.69, 9.17) is 22.1 Å². The maximum atomic E-state index is 12.5. The Bertz CT molecular complexity index is 1140. The number of esters is 1. The molecule has 1 aromatic heterocycles. The number of thiophene rings is 1. The molecule has 0 atom stereocenters. The molecule has 0 saturated heterocycles. The normalized spacial score (nSPS) is 10.2. The first-order valence-electron chi connectivity index (χ1n) is 8.85. The number of halogens is 1. The second kappa shape index (κ2) is 9.88. The molecule has 0 spiro atoms. The highest BCUT2D eigenvalue weighted by Gasteiger charge is 2.18. The number of nitrogens with two attached hydrogens (primary N) is 1. The number of benzene rings is 2. The van der Waals surface area contributed by atoms with Gasteiger partial charge in [-0.2, -0.15) is 0 Å². The molecule has 31 heavy (non-hydrogen) atoms. The van der Waals surface area contributed by atoms with Crippen LogP contribution in [0.4, 0.5) is 10.7 Å². The number of amides is 3. The second-order valence-corrected chi connectivity index (χ2v) is 7.51. The van der Waals surface area contributed by atoms with Gasteiger partial charge in [0.25, 0.3) is 17.7 Å². The van der Waals surface area contributed by atoms with Crippen LogP contribution in [0.15, 0.2) is 60.0 Å². The van der Waals surface area contributed by atoms with Crippen molar-refractivity contribution < 1.29 is 23.9 Å². The first kappa shape index (κ1) is 22.0. The van der Waals surface area contributed by atoms with Crippen molar-refractivity contribution in [2.45, 2.75) is 0 Å². The number of anilines is 2. The van der Waals surface area contributed by atoms with E-state index in [-0.39, 0.29) is 21.8 Å². The standard InChI is InChI=1S/C21H16ClN3O5S/c22-13-7-5-12(6-8-13)19(28)24-16-4-2-1-3-14(16)21(29)30-11-17(26)25-20-15(18(23)27)9-10-31-20/h1-10H,11H2,(H2,23,27)(H,24,28)(H,25,26). The fourth-order valence-corrected chi connectivity index (χ4v) is 3.47. The molecule has 0 aliphatic rings. The Morgan fingerprint density at radius 1 is 0.935 bits per heavy atom. The molecule has 1 heterocycles. The molecule has 0 unspecified atom stereocenters. The number of ether oxygens (including phenoxy) is 1. The molecule has 158 valence electrons. The average molecular weight is 458 g/mol. The Labute approximate surface area is 186 Å². The molecule has 3 rings (SSSR count). The molecule has 0 radical (unpaired) electrons. The Kier molecular flexibility index (Phi) is 7.01. The first-order chi connectivity index (χ1) is 14.8. The molecule has 0 bridgehead atoms. The quantitative estimate of drug-likeness (QED) is 0.467. The van der Waals surface area contributed by atoms with Gasteiger partial charge >= 0.3 is 5.97 Å². The number of hydrogen-bond donors (Lipinski definition) is 3. The van der Waals surface area contributed by atoms with E-state index in [0.29, 0.717) is 10.6 Å². The summed E-state index contributed by atoms with van der Waals surface area (Å²) in [5, 5.41) is 7.47. The smallest absolute Gasteiger partial charge is 0.340 e. The summed E-state index contributed by atoms with van der Waals surface area (Å²) < 4.78 is 5.05. The van der Waals surface area contributed by atoms with Gasteiger partial charge < -0.3 is 21.1 Å². The van der Waals surface area contributed by atoms with Crippen molar-refractivity contribution in [1.82, 2.24) is 0 Å². The average Bonchev–Trinajstić information content (AvgIpc) is 3.21. The maximum absolute atomic E-state index is 12.5. The lowest BCUT2D eigenvalue weighted by Gasteiger charge is -2.11. The number of carbonyl (C=O) groups excluding carboxylic acids is 4. The number of primary amides is 1.